The molecule has 1 aromatic carbocycles. The fourth-order valence-corrected chi connectivity index (χ4v) is 4.01. The number of benzene rings is 1. The van der Waals surface area contributed by atoms with Crippen LogP contribution in [-0.2, 0) is 17.8 Å². The number of nitrogens with zero attached hydrogens (tertiary/aromatic N) is 4. The minimum atomic E-state index is 0.196. The molecule has 146 valence electrons. The smallest absolute Gasteiger partial charge is 0.222 e. The molecule has 1 atom stereocenters. The number of rotatable bonds is 6. The van der Waals surface area contributed by atoms with Crippen LogP contribution < -0.4 is 5.73 Å². The van der Waals surface area contributed by atoms with Crippen LogP contribution in [0.1, 0.15) is 30.0 Å². The second-order valence-corrected chi connectivity index (χ2v) is 7.66. The number of aryl methyl sites for hydroxylation is 1. The summed E-state index contributed by atoms with van der Waals surface area (Å²) in [4.78, 5) is 19.1. The van der Waals surface area contributed by atoms with Gasteiger partial charge in [0.25, 0.3) is 0 Å². The van der Waals surface area contributed by atoms with Crippen molar-refractivity contribution in [2.45, 2.75) is 31.7 Å². The van der Waals surface area contributed by atoms with Gasteiger partial charge in [-0.3, -0.25) is 4.79 Å². The van der Waals surface area contributed by atoms with Crippen LogP contribution in [0.4, 0.5) is 0 Å². The monoisotopic (exact) mass is 397 g/mol. The van der Waals surface area contributed by atoms with Crippen molar-refractivity contribution in [2.24, 2.45) is 5.73 Å². The highest BCUT2D eigenvalue weighted by Gasteiger charge is 2.30. The van der Waals surface area contributed by atoms with Crippen molar-refractivity contribution in [1.29, 1.82) is 0 Å². The molecule has 1 aliphatic heterocycles. The Balaban J connectivity index is 1.43. The first-order valence-corrected chi connectivity index (χ1v) is 10.1. The number of nitrogens with two attached hydrogens (primary N) is 1. The number of carbonyl (C=O) groups is 1. The van der Waals surface area contributed by atoms with Crippen LogP contribution >= 0.6 is 11.6 Å². The quantitative estimate of drug-likeness (QED) is 0.693. The number of halogens is 1. The number of likely N-dealkylation sites (tertiary alicyclic amines) is 1. The van der Waals surface area contributed by atoms with Crippen molar-refractivity contribution in [3.05, 3.63) is 58.9 Å². The molecule has 6 nitrogen and oxygen atoms in total. The summed E-state index contributed by atoms with van der Waals surface area (Å²) in [6.45, 7) is 2.65. The molecule has 0 aliphatic carbocycles. The molecule has 0 bridgehead atoms. The lowest BCUT2D eigenvalue weighted by Gasteiger charge is -2.16. The molecule has 0 unspecified atom stereocenters. The van der Waals surface area contributed by atoms with E-state index in [1.54, 1.807) is 6.20 Å². The van der Waals surface area contributed by atoms with Gasteiger partial charge in [-0.05, 0) is 42.7 Å². The van der Waals surface area contributed by atoms with Crippen molar-refractivity contribution >= 4 is 28.5 Å². The zero-order valence-corrected chi connectivity index (χ0v) is 16.5. The highest BCUT2D eigenvalue weighted by molar-refractivity contribution is 6.30. The Hall–Kier alpha value is -2.44. The van der Waals surface area contributed by atoms with E-state index in [1.165, 1.54) is 0 Å². The van der Waals surface area contributed by atoms with E-state index in [4.69, 9.17) is 22.4 Å². The molecular weight excluding hydrogens is 374 g/mol. The summed E-state index contributed by atoms with van der Waals surface area (Å²) in [7, 11) is 0. The number of carbonyl (C=O) groups excluding carboxylic acids is 1. The van der Waals surface area contributed by atoms with E-state index >= 15 is 0 Å². The number of amides is 1. The largest absolute Gasteiger partial charge is 0.342 e. The SMILES string of the molecule is NCCn1nc([C@H]2CCN(C(=O)CCc3ccc(Cl)cc3)C2)c2cccnc21. The molecule has 1 amide bonds. The Labute approximate surface area is 169 Å². The van der Waals surface area contributed by atoms with Crippen LogP contribution in [0.25, 0.3) is 11.0 Å². The van der Waals surface area contributed by atoms with E-state index < -0.39 is 0 Å². The van der Waals surface area contributed by atoms with Gasteiger partial charge < -0.3 is 10.6 Å². The van der Waals surface area contributed by atoms with Crippen molar-refractivity contribution in [2.75, 3.05) is 19.6 Å². The molecule has 4 rings (SSSR count). The minimum absolute atomic E-state index is 0.196. The molecule has 3 aromatic rings. The summed E-state index contributed by atoms with van der Waals surface area (Å²) < 4.78 is 1.88. The van der Waals surface area contributed by atoms with Gasteiger partial charge >= 0.3 is 0 Å². The Bertz CT molecular complexity index is 969. The van der Waals surface area contributed by atoms with Gasteiger partial charge in [-0.25, -0.2) is 9.67 Å². The Morgan fingerprint density at radius 3 is 2.86 bits per heavy atom. The second-order valence-electron chi connectivity index (χ2n) is 7.22. The summed E-state index contributed by atoms with van der Waals surface area (Å²) >= 11 is 5.92. The van der Waals surface area contributed by atoms with Crippen LogP contribution in [-0.4, -0.2) is 45.2 Å². The molecule has 0 spiro atoms. The average Bonchev–Trinajstić information content (AvgIpc) is 3.33. The highest BCUT2D eigenvalue weighted by Crippen LogP contribution is 2.31. The lowest BCUT2D eigenvalue weighted by molar-refractivity contribution is -0.130. The number of aromatic nitrogens is 3. The normalized spacial score (nSPS) is 16.8. The first-order valence-electron chi connectivity index (χ1n) is 9.69. The molecule has 7 heteroatoms. The van der Waals surface area contributed by atoms with Gasteiger partial charge in [-0.1, -0.05) is 23.7 Å². The molecule has 1 saturated heterocycles. The summed E-state index contributed by atoms with van der Waals surface area (Å²) in [6.07, 6.45) is 3.95. The number of hydrogen-bond donors (Lipinski definition) is 1. The average molecular weight is 398 g/mol. The molecule has 3 heterocycles. The van der Waals surface area contributed by atoms with Gasteiger partial charge in [0.2, 0.25) is 5.91 Å². The third kappa shape index (κ3) is 3.88. The minimum Gasteiger partial charge on any atom is -0.342 e. The van der Waals surface area contributed by atoms with E-state index in [9.17, 15) is 4.79 Å². The van der Waals surface area contributed by atoms with E-state index in [-0.39, 0.29) is 11.8 Å². The lowest BCUT2D eigenvalue weighted by atomic mass is 10.0. The van der Waals surface area contributed by atoms with Gasteiger partial charge in [-0.15, -0.1) is 0 Å². The lowest BCUT2D eigenvalue weighted by Crippen LogP contribution is -2.28. The summed E-state index contributed by atoms with van der Waals surface area (Å²) in [6, 6.07) is 11.7. The molecule has 28 heavy (non-hydrogen) atoms. The first-order chi connectivity index (χ1) is 13.7. The van der Waals surface area contributed by atoms with Crippen LogP contribution in [0.3, 0.4) is 0 Å². The predicted octanol–water partition coefficient (Wildman–Crippen LogP) is 2.99. The Morgan fingerprint density at radius 1 is 1.25 bits per heavy atom. The van der Waals surface area contributed by atoms with Crippen molar-refractivity contribution in [1.82, 2.24) is 19.7 Å². The van der Waals surface area contributed by atoms with Crippen molar-refractivity contribution in [3.63, 3.8) is 0 Å². The molecule has 2 aromatic heterocycles. The van der Waals surface area contributed by atoms with Crippen molar-refractivity contribution in [3.8, 4) is 0 Å². The predicted molar refractivity (Wildman–Crippen MR) is 110 cm³/mol. The van der Waals surface area contributed by atoms with E-state index in [2.05, 4.69) is 11.1 Å². The van der Waals surface area contributed by atoms with Gasteiger partial charge in [0.15, 0.2) is 5.65 Å². The van der Waals surface area contributed by atoms with Crippen LogP contribution in [0.2, 0.25) is 5.02 Å². The maximum atomic E-state index is 12.7. The third-order valence-corrected chi connectivity index (χ3v) is 5.60. The molecular formula is C21H24ClN5O. The van der Waals surface area contributed by atoms with Crippen LogP contribution in [0.5, 0.6) is 0 Å². The Kier molecular flexibility index (Phi) is 5.59. The zero-order valence-electron chi connectivity index (χ0n) is 15.7. The maximum Gasteiger partial charge on any atom is 0.222 e. The van der Waals surface area contributed by atoms with Gasteiger partial charge in [-0.2, -0.15) is 5.10 Å². The van der Waals surface area contributed by atoms with E-state index in [0.29, 0.717) is 31.1 Å². The molecule has 0 radical (unpaired) electrons. The van der Waals surface area contributed by atoms with E-state index in [1.807, 2.05) is 39.9 Å². The molecule has 2 N–H and O–H groups in total. The van der Waals surface area contributed by atoms with E-state index in [0.717, 1.165) is 41.7 Å². The third-order valence-electron chi connectivity index (χ3n) is 5.34. The highest BCUT2D eigenvalue weighted by atomic mass is 35.5. The topological polar surface area (TPSA) is 77.0 Å². The Morgan fingerprint density at radius 2 is 2.07 bits per heavy atom. The summed E-state index contributed by atoms with van der Waals surface area (Å²) in [5.41, 5.74) is 8.75. The van der Waals surface area contributed by atoms with Crippen LogP contribution in [0, 0.1) is 0 Å². The second kappa shape index (κ2) is 8.29. The van der Waals surface area contributed by atoms with Gasteiger partial charge in [0.05, 0.1) is 12.2 Å². The summed E-state index contributed by atoms with van der Waals surface area (Å²) in [5, 5.41) is 6.56. The number of fused-ring (bicyclic) bond motifs is 1. The number of hydrogen-bond acceptors (Lipinski definition) is 4. The first kappa shape index (κ1) is 18.9. The summed E-state index contributed by atoms with van der Waals surface area (Å²) in [5.74, 6) is 0.437. The fourth-order valence-electron chi connectivity index (χ4n) is 3.88. The van der Waals surface area contributed by atoms with Crippen molar-refractivity contribution < 1.29 is 4.79 Å². The standard InChI is InChI=1S/C21H24ClN5O/c22-17-6-3-15(4-7-17)5-8-19(28)26-12-9-16(14-26)20-18-2-1-11-24-21(18)27(25-20)13-10-23/h1-4,6-7,11,16H,5,8-10,12-14,23H2/t16-/m0/s1. The zero-order chi connectivity index (χ0) is 19.5. The van der Waals surface area contributed by atoms with Gasteiger partial charge in [0, 0.05) is 48.6 Å². The fraction of sp³-hybridized carbons (Fsp3) is 0.381. The maximum absolute atomic E-state index is 12.7. The molecule has 1 aliphatic rings. The molecule has 0 saturated carbocycles. The van der Waals surface area contributed by atoms with Gasteiger partial charge in [0.1, 0.15) is 0 Å². The van der Waals surface area contributed by atoms with Crippen LogP contribution in [0.15, 0.2) is 42.6 Å². The number of pyridine rings is 1. The molecule has 1 fully saturated rings.